The van der Waals surface area contributed by atoms with Crippen LogP contribution in [0.2, 0.25) is 0 Å². The lowest BCUT2D eigenvalue weighted by molar-refractivity contribution is -0.0264. The maximum absolute atomic E-state index is 11.9. The lowest BCUT2D eigenvalue weighted by Crippen LogP contribution is -2.32. The molecule has 4 nitrogen and oxygen atoms in total. The minimum Gasteiger partial charge on any atom is -0.497 e. The Kier molecular flexibility index (Phi) is 6.01. The smallest absolute Gasteiger partial charge is 0.227 e. The van der Waals surface area contributed by atoms with E-state index in [1.54, 1.807) is 7.11 Å². The van der Waals surface area contributed by atoms with Crippen LogP contribution in [0.25, 0.3) is 22.6 Å². The molecule has 1 aliphatic carbocycles. The number of methoxy groups -OCH3 is 1. The summed E-state index contributed by atoms with van der Waals surface area (Å²) in [7, 11) is 1.68. The summed E-state index contributed by atoms with van der Waals surface area (Å²) in [5.41, 5.74) is 5.15. The highest BCUT2D eigenvalue weighted by molar-refractivity contribution is 5.77. The van der Waals surface area contributed by atoms with Gasteiger partial charge in [-0.3, -0.25) is 0 Å². The van der Waals surface area contributed by atoms with Crippen molar-refractivity contribution in [2.24, 2.45) is 5.92 Å². The minimum absolute atomic E-state index is 0.0231. The number of aryl methyl sites for hydroxylation is 2. The highest BCUT2D eigenvalue weighted by Gasteiger charge is 2.47. The number of ether oxygens (including phenoxy) is 1. The normalized spacial score (nSPS) is 19.9. The predicted octanol–water partition coefficient (Wildman–Crippen LogP) is 6.86. The molecule has 0 bridgehead atoms. The number of nitrogens with zero attached hydrogens (tertiary/aromatic N) is 1. The van der Waals surface area contributed by atoms with Gasteiger partial charge >= 0.3 is 0 Å². The molecular weight excluding hydrogens is 422 g/mol. The number of aliphatic hydroxyl groups is 1. The maximum atomic E-state index is 11.9. The average Bonchev–Trinajstić information content (AvgIpc) is 3.46. The third kappa shape index (κ3) is 4.26. The van der Waals surface area contributed by atoms with Crippen LogP contribution in [0.4, 0.5) is 0 Å². The Hall–Kier alpha value is -3.37. The molecule has 5 rings (SSSR count). The first kappa shape index (κ1) is 22.4. The number of rotatable bonds is 6. The molecule has 0 radical (unpaired) electrons. The van der Waals surface area contributed by atoms with Gasteiger partial charge in [0.05, 0.1) is 7.11 Å². The van der Waals surface area contributed by atoms with E-state index < -0.39 is 5.60 Å². The topological polar surface area (TPSA) is 55.5 Å². The first-order valence-corrected chi connectivity index (χ1v) is 12.0. The summed E-state index contributed by atoms with van der Waals surface area (Å²) in [4.78, 5) is 4.95. The zero-order chi connectivity index (χ0) is 23.7. The third-order valence-corrected chi connectivity index (χ3v) is 7.04. The third-order valence-electron chi connectivity index (χ3n) is 7.04. The van der Waals surface area contributed by atoms with Crippen molar-refractivity contribution in [2.45, 2.75) is 45.1 Å². The second-order valence-corrected chi connectivity index (χ2v) is 9.50. The van der Waals surface area contributed by atoms with Crippen molar-refractivity contribution in [1.82, 2.24) is 4.98 Å². The van der Waals surface area contributed by atoms with Gasteiger partial charge in [-0.2, -0.15) is 0 Å². The van der Waals surface area contributed by atoms with E-state index in [9.17, 15) is 5.11 Å². The van der Waals surface area contributed by atoms with Gasteiger partial charge in [-0.25, -0.2) is 4.98 Å². The molecule has 1 N–H and O–H groups in total. The second-order valence-electron chi connectivity index (χ2n) is 9.50. The van der Waals surface area contributed by atoms with Crippen molar-refractivity contribution >= 4 is 0 Å². The SMILES string of the molecule is COc1cccc(C[C@@H]2CCC[C@@]2(O)c2nc(-c3ccc(C)cc3)c(-c3ccc(C)cc3)o2)c1. The lowest BCUT2D eigenvalue weighted by atomic mass is 9.85. The van der Waals surface area contributed by atoms with Crippen LogP contribution in [0.5, 0.6) is 5.75 Å². The molecule has 4 aromatic rings. The van der Waals surface area contributed by atoms with Crippen LogP contribution >= 0.6 is 0 Å². The fourth-order valence-electron chi connectivity index (χ4n) is 5.01. The summed E-state index contributed by atoms with van der Waals surface area (Å²) in [6.07, 6.45) is 3.25. The number of hydrogen-bond donors (Lipinski definition) is 1. The lowest BCUT2D eigenvalue weighted by Gasteiger charge is -2.27. The first-order valence-electron chi connectivity index (χ1n) is 12.0. The van der Waals surface area contributed by atoms with Gasteiger partial charge in [0.2, 0.25) is 5.89 Å². The van der Waals surface area contributed by atoms with Gasteiger partial charge in [0.25, 0.3) is 0 Å². The predicted molar refractivity (Wildman–Crippen MR) is 135 cm³/mol. The van der Waals surface area contributed by atoms with E-state index >= 15 is 0 Å². The van der Waals surface area contributed by atoms with Crippen LogP contribution in [0.1, 0.15) is 41.8 Å². The molecule has 3 aromatic carbocycles. The number of benzene rings is 3. The summed E-state index contributed by atoms with van der Waals surface area (Å²) in [5.74, 6) is 1.98. The molecule has 0 spiro atoms. The average molecular weight is 454 g/mol. The van der Waals surface area contributed by atoms with Crippen molar-refractivity contribution in [3.05, 3.63) is 95.4 Å². The van der Waals surface area contributed by atoms with Crippen LogP contribution in [-0.2, 0) is 12.0 Å². The van der Waals surface area contributed by atoms with Gasteiger partial charge in [-0.05, 0) is 57.2 Å². The molecular formula is C30H31NO3. The van der Waals surface area contributed by atoms with Crippen LogP contribution in [0.3, 0.4) is 0 Å². The quantitative estimate of drug-likeness (QED) is 0.346. The molecule has 174 valence electrons. The minimum atomic E-state index is -1.11. The Morgan fingerprint density at radius 3 is 2.32 bits per heavy atom. The van der Waals surface area contributed by atoms with Crippen LogP contribution in [-0.4, -0.2) is 17.2 Å². The fourth-order valence-corrected chi connectivity index (χ4v) is 5.01. The van der Waals surface area contributed by atoms with Crippen molar-refractivity contribution in [1.29, 1.82) is 0 Å². The molecule has 4 heteroatoms. The Morgan fingerprint density at radius 1 is 0.971 bits per heavy atom. The standard InChI is InChI=1S/C30H31NO3/c1-20-9-13-23(14-10-20)27-28(24-15-11-21(2)12-16-24)34-29(31-27)30(32)17-5-7-25(30)18-22-6-4-8-26(19-22)33-3/h4,6,8-16,19,25,32H,5,7,17-18H2,1-3H3/t25-,30-/m0/s1. The summed E-state index contributed by atoms with van der Waals surface area (Å²) in [6.45, 7) is 4.14. The molecule has 0 unspecified atom stereocenters. The first-order chi connectivity index (χ1) is 16.5. The molecule has 2 atom stereocenters. The zero-order valence-corrected chi connectivity index (χ0v) is 20.0. The summed E-state index contributed by atoms with van der Waals surface area (Å²) >= 11 is 0. The van der Waals surface area contributed by atoms with E-state index in [0.29, 0.717) is 18.1 Å². The summed E-state index contributed by atoms with van der Waals surface area (Å²) < 4.78 is 11.8. The van der Waals surface area contributed by atoms with Gasteiger partial charge in [0, 0.05) is 17.0 Å². The van der Waals surface area contributed by atoms with E-state index in [1.807, 2.05) is 18.2 Å². The second kappa shape index (κ2) is 9.11. The molecule has 1 fully saturated rings. The van der Waals surface area contributed by atoms with Crippen molar-refractivity contribution in [3.8, 4) is 28.3 Å². The fraction of sp³-hybridized carbons (Fsp3) is 0.300. The molecule has 0 aliphatic heterocycles. The van der Waals surface area contributed by atoms with Crippen LogP contribution < -0.4 is 4.74 Å². The monoisotopic (exact) mass is 453 g/mol. The number of aromatic nitrogens is 1. The molecule has 0 saturated heterocycles. The summed E-state index contributed by atoms with van der Waals surface area (Å²) in [6, 6.07) is 24.7. The van der Waals surface area contributed by atoms with Gasteiger partial charge in [0.1, 0.15) is 17.0 Å². The highest BCUT2D eigenvalue weighted by Crippen LogP contribution is 2.47. The van der Waals surface area contributed by atoms with E-state index in [4.69, 9.17) is 14.1 Å². The Morgan fingerprint density at radius 2 is 1.65 bits per heavy atom. The van der Waals surface area contributed by atoms with E-state index in [-0.39, 0.29) is 5.92 Å². The Labute approximate surface area is 201 Å². The molecule has 34 heavy (non-hydrogen) atoms. The molecule has 1 aromatic heterocycles. The molecule has 1 aliphatic rings. The molecule has 1 heterocycles. The van der Waals surface area contributed by atoms with Crippen molar-refractivity contribution in [3.63, 3.8) is 0 Å². The number of hydrogen-bond acceptors (Lipinski definition) is 4. The molecule has 0 amide bonds. The van der Waals surface area contributed by atoms with Crippen molar-refractivity contribution < 1.29 is 14.3 Å². The van der Waals surface area contributed by atoms with Gasteiger partial charge in [-0.1, -0.05) is 71.8 Å². The van der Waals surface area contributed by atoms with E-state index in [0.717, 1.165) is 47.4 Å². The zero-order valence-electron chi connectivity index (χ0n) is 20.0. The largest absolute Gasteiger partial charge is 0.497 e. The van der Waals surface area contributed by atoms with E-state index in [1.165, 1.54) is 11.1 Å². The Bertz CT molecular complexity index is 1210. The van der Waals surface area contributed by atoms with Gasteiger partial charge < -0.3 is 14.3 Å². The van der Waals surface area contributed by atoms with E-state index in [2.05, 4.69) is 68.4 Å². The molecule has 1 saturated carbocycles. The van der Waals surface area contributed by atoms with Gasteiger partial charge in [-0.15, -0.1) is 0 Å². The summed E-state index contributed by atoms with van der Waals surface area (Å²) in [5, 5.41) is 11.9. The Balaban J connectivity index is 1.56. The van der Waals surface area contributed by atoms with Crippen LogP contribution in [0.15, 0.2) is 77.2 Å². The maximum Gasteiger partial charge on any atom is 0.227 e. The highest BCUT2D eigenvalue weighted by atomic mass is 16.5. The van der Waals surface area contributed by atoms with Crippen molar-refractivity contribution in [2.75, 3.05) is 7.11 Å². The van der Waals surface area contributed by atoms with Crippen LogP contribution in [0, 0.1) is 19.8 Å². The van der Waals surface area contributed by atoms with Gasteiger partial charge in [0.15, 0.2) is 5.76 Å². The number of oxazole rings is 1.